The van der Waals surface area contributed by atoms with Crippen molar-refractivity contribution >= 4 is 22.7 Å². The fraction of sp³-hybridized carbons (Fsp3) is 0.316. The Morgan fingerprint density at radius 3 is 2.36 bits per heavy atom. The SMILES string of the molecule is O=c1oc2ccccc2n1CN1CCN(Cc2ccc(Cl)cc2)CC1. The summed E-state index contributed by atoms with van der Waals surface area (Å²) in [6.07, 6.45) is 0. The molecule has 1 aliphatic heterocycles. The molecule has 0 bridgehead atoms. The number of halogens is 1. The highest BCUT2D eigenvalue weighted by Gasteiger charge is 2.19. The Hall–Kier alpha value is -2.08. The van der Waals surface area contributed by atoms with E-state index >= 15 is 0 Å². The second-order valence-electron chi connectivity index (χ2n) is 6.43. The molecule has 1 saturated heterocycles. The summed E-state index contributed by atoms with van der Waals surface area (Å²) < 4.78 is 7.02. The van der Waals surface area contributed by atoms with E-state index < -0.39 is 0 Å². The number of para-hydroxylation sites is 2. The zero-order chi connectivity index (χ0) is 17.2. The standard InChI is InChI=1S/C19H20ClN3O2/c20-16-7-5-15(6-8-16)13-21-9-11-22(12-10-21)14-23-17-3-1-2-4-18(17)25-19(23)24/h1-8H,9-14H2. The van der Waals surface area contributed by atoms with Crippen LogP contribution in [-0.4, -0.2) is 40.5 Å². The fourth-order valence-electron chi connectivity index (χ4n) is 3.28. The van der Waals surface area contributed by atoms with E-state index in [1.165, 1.54) is 5.56 Å². The Bertz CT molecular complexity index is 908. The van der Waals surface area contributed by atoms with Crippen molar-refractivity contribution in [1.29, 1.82) is 0 Å². The normalized spacial score (nSPS) is 16.5. The van der Waals surface area contributed by atoms with Crippen LogP contribution in [0.1, 0.15) is 5.56 Å². The topological polar surface area (TPSA) is 41.6 Å². The molecule has 0 atom stereocenters. The molecule has 25 heavy (non-hydrogen) atoms. The Balaban J connectivity index is 1.38. The summed E-state index contributed by atoms with van der Waals surface area (Å²) in [6, 6.07) is 15.6. The molecular formula is C19H20ClN3O2. The van der Waals surface area contributed by atoms with E-state index in [-0.39, 0.29) is 5.76 Å². The monoisotopic (exact) mass is 357 g/mol. The number of fused-ring (bicyclic) bond motifs is 1. The van der Waals surface area contributed by atoms with E-state index in [9.17, 15) is 4.79 Å². The predicted octanol–water partition coefficient (Wildman–Crippen LogP) is 3.02. The molecule has 2 heterocycles. The molecule has 0 unspecified atom stereocenters. The van der Waals surface area contributed by atoms with Gasteiger partial charge in [-0.05, 0) is 29.8 Å². The van der Waals surface area contributed by atoms with E-state index in [0.29, 0.717) is 12.3 Å². The zero-order valence-electron chi connectivity index (χ0n) is 13.9. The zero-order valence-corrected chi connectivity index (χ0v) is 14.7. The van der Waals surface area contributed by atoms with Crippen LogP contribution in [-0.2, 0) is 13.2 Å². The van der Waals surface area contributed by atoms with Gasteiger partial charge in [0.1, 0.15) is 0 Å². The van der Waals surface area contributed by atoms with Crippen molar-refractivity contribution in [2.75, 3.05) is 26.2 Å². The molecule has 5 nitrogen and oxygen atoms in total. The Kier molecular flexibility index (Phi) is 4.61. The van der Waals surface area contributed by atoms with Crippen molar-refractivity contribution in [3.8, 4) is 0 Å². The molecule has 0 aliphatic carbocycles. The van der Waals surface area contributed by atoms with Gasteiger partial charge in [-0.3, -0.25) is 14.4 Å². The minimum atomic E-state index is -0.287. The maximum atomic E-state index is 12.1. The number of nitrogens with zero attached hydrogens (tertiary/aromatic N) is 3. The third-order valence-electron chi connectivity index (χ3n) is 4.70. The van der Waals surface area contributed by atoms with E-state index in [2.05, 4.69) is 21.9 Å². The maximum absolute atomic E-state index is 12.1. The third kappa shape index (κ3) is 3.63. The van der Waals surface area contributed by atoms with Crippen LogP contribution < -0.4 is 5.76 Å². The highest BCUT2D eigenvalue weighted by Crippen LogP contribution is 2.15. The smallest absolute Gasteiger partial charge is 0.408 e. The van der Waals surface area contributed by atoms with Gasteiger partial charge in [-0.15, -0.1) is 0 Å². The molecular weight excluding hydrogens is 338 g/mol. The molecule has 0 amide bonds. The van der Waals surface area contributed by atoms with E-state index in [4.69, 9.17) is 16.0 Å². The predicted molar refractivity (Wildman–Crippen MR) is 98.8 cm³/mol. The molecule has 130 valence electrons. The average molecular weight is 358 g/mol. The molecule has 0 spiro atoms. The molecule has 1 fully saturated rings. The van der Waals surface area contributed by atoms with Gasteiger partial charge in [0.15, 0.2) is 5.58 Å². The lowest BCUT2D eigenvalue weighted by Gasteiger charge is -2.34. The van der Waals surface area contributed by atoms with E-state index in [0.717, 1.165) is 43.3 Å². The third-order valence-corrected chi connectivity index (χ3v) is 4.95. The summed E-state index contributed by atoms with van der Waals surface area (Å²) in [5.74, 6) is -0.287. The van der Waals surface area contributed by atoms with Crippen LogP contribution in [0.4, 0.5) is 0 Å². The Labute approximate surface area is 151 Å². The van der Waals surface area contributed by atoms with Gasteiger partial charge in [-0.2, -0.15) is 0 Å². The average Bonchev–Trinajstić information content (AvgIpc) is 2.94. The number of oxazole rings is 1. The van der Waals surface area contributed by atoms with Gasteiger partial charge in [-0.1, -0.05) is 35.9 Å². The minimum absolute atomic E-state index is 0.287. The van der Waals surface area contributed by atoms with Gasteiger partial charge in [-0.25, -0.2) is 4.79 Å². The van der Waals surface area contributed by atoms with Crippen LogP contribution in [0.5, 0.6) is 0 Å². The lowest BCUT2D eigenvalue weighted by atomic mass is 10.2. The van der Waals surface area contributed by atoms with Crippen molar-refractivity contribution in [1.82, 2.24) is 14.4 Å². The molecule has 0 N–H and O–H groups in total. The fourth-order valence-corrected chi connectivity index (χ4v) is 3.41. The number of hydrogen-bond acceptors (Lipinski definition) is 4. The van der Waals surface area contributed by atoms with Crippen LogP contribution >= 0.6 is 11.6 Å². The van der Waals surface area contributed by atoms with Crippen LogP contribution in [0.3, 0.4) is 0 Å². The summed E-state index contributed by atoms with van der Waals surface area (Å²) in [5.41, 5.74) is 2.78. The summed E-state index contributed by atoms with van der Waals surface area (Å²) in [4.78, 5) is 16.8. The molecule has 4 rings (SSSR count). The van der Waals surface area contributed by atoms with Gasteiger partial charge in [0, 0.05) is 37.7 Å². The molecule has 2 aromatic carbocycles. The minimum Gasteiger partial charge on any atom is -0.408 e. The number of aromatic nitrogens is 1. The van der Waals surface area contributed by atoms with E-state index in [1.807, 2.05) is 36.4 Å². The van der Waals surface area contributed by atoms with Gasteiger partial charge in [0.25, 0.3) is 0 Å². The van der Waals surface area contributed by atoms with Crippen LogP contribution in [0.15, 0.2) is 57.7 Å². The van der Waals surface area contributed by atoms with Gasteiger partial charge >= 0.3 is 5.76 Å². The highest BCUT2D eigenvalue weighted by atomic mass is 35.5. The lowest BCUT2D eigenvalue weighted by molar-refractivity contribution is 0.102. The van der Waals surface area contributed by atoms with Crippen LogP contribution in [0.25, 0.3) is 11.1 Å². The molecule has 6 heteroatoms. The summed E-state index contributed by atoms with van der Waals surface area (Å²) in [6.45, 7) is 5.32. The number of piperazine rings is 1. The van der Waals surface area contributed by atoms with Crippen LogP contribution in [0, 0.1) is 0 Å². The second kappa shape index (κ2) is 7.04. The van der Waals surface area contributed by atoms with Crippen molar-refractivity contribution in [2.45, 2.75) is 13.2 Å². The quantitative estimate of drug-likeness (QED) is 0.719. The van der Waals surface area contributed by atoms with E-state index in [1.54, 1.807) is 4.57 Å². The van der Waals surface area contributed by atoms with Crippen molar-refractivity contribution < 1.29 is 4.42 Å². The number of rotatable bonds is 4. The first-order valence-corrected chi connectivity index (χ1v) is 8.84. The molecule has 0 saturated carbocycles. The van der Waals surface area contributed by atoms with Crippen LogP contribution in [0.2, 0.25) is 5.02 Å². The summed E-state index contributed by atoms with van der Waals surface area (Å²) in [7, 11) is 0. The summed E-state index contributed by atoms with van der Waals surface area (Å²) >= 11 is 5.94. The van der Waals surface area contributed by atoms with Gasteiger partial charge in [0.05, 0.1) is 12.2 Å². The summed E-state index contributed by atoms with van der Waals surface area (Å²) in [5, 5.41) is 0.770. The second-order valence-corrected chi connectivity index (χ2v) is 6.86. The van der Waals surface area contributed by atoms with Gasteiger partial charge < -0.3 is 4.42 Å². The first-order valence-electron chi connectivity index (χ1n) is 8.46. The Morgan fingerprint density at radius 2 is 1.60 bits per heavy atom. The van der Waals surface area contributed by atoms with Crippen molar-refractivity contribution in [3.05, 3.63) is 69.7 Å². The first-order chi connectivity index (χ1) is 12.2. The maximum Gasteiger partial charge on any atom is 0.421 e. The Morgan fingerprint density at radius 1 is 0.920 bits per heavy atom. The highest BCUT2D eigenvalue weighted by molar-refractivity contribution is 6.30. The molecule has 1 aromatic heterocycles. The van der Waals surface area contributed by atoms with Crippen molar-refractivity contribution in [2.24, 2.45) is 0 Å². The lowest BCUT2D eigenvalue weighted by Crippen LogP contribution is -2.47. The number of benzene rings is 2. The largest absolute Gasteiger partial charge is 0.421 e. The van der Waals surface area contributed by atoms with Crippen molar-refractivity contribution in [3.63, 3.8) is 0 Å². The number of hydrogen-bond donors (Lipinski definition) is 0. The molecule has 0 radical (unpaired) electrons. The van der Waals surface area contributed by atoms with Gasteiger partial charge in [0.2, 0.25) is 0 Å². The molecule has 1 aliphatic rings. The first kappa shape index (κ1) is 16.4. The molecule has 3 aromatic rings.